The van der Waals surface area contributed by atoms with Gasteiger partial charge in [0, 0.05) is 5.41 Å². The Bertz CT molecular complexity index is 480. The third-order valence-electron chi connectivity index (χ3n) is 8.63. The second-order valence-corrected chi connectivity index (χ2v) is 9.36. The Hall–Kier alpha value is -0.340. The van der Waals surface area contributed by atoms with Gasteiger partial charge in [-0.25, -0.2) is 0 Å². The average molecular weight is 304 g/mol. The van der Waals surface area contributed by atoms with E-state index in [1.807, 2.05) is 0 Å². The van der Waals surface area contributed by atoms with E-state index in [1.165, 1.54) is 56.9 Å². The predicted octanol–water partition coefficient (Wildman–Crippen LogP) is 3.92. The van der Waals surface area contributed by atoms with Crippen LogP contribution in [0.15, 0.2) is 12.2 Å². The zero-order chi connectivity index (χ0) is 15.6. The highest BCUT2D eigenvalue weighted by Crippen LogP contribution is 2.72. The lowest BCUT2D eigenvalue weighted by molar-refractivity contribution is -0.175. The van der Waals surface area contributed by atoms with Gasteiger partial charge in [-0.1, -0.05) is 25.5 Å². The van der Waals surface area contributed by atoms with Crippen molar-refractivity contribution >= 4 is 0 Å². The molecule has 0 aromatic rings. The van der Waals surface area contributed by atoms with E-state index in [9.17, 15) is 10.2 Å². The van der Waals surface area contributed by atoms with E-state index in [0.29, 0.717) is 16.7 Å². The number of aliphatic hydroxyl groups is 2. The normalized spacial score (nSPS) is 49.6. The number of fused-ring (bicyclic) bond motifs is 3. The highest BCUT2D eigenvalue weighted by Gasteiger charge is 2.64. The Labute approximate surface area is 135 Å². The van der Waals surface area contributed by atoms with Gasteiger partial charge in [0.2, 0.25) is 0 Å². The third kappa shape index (κ3) is 1.74. The fourth-order valence-electron chi connectivity index (χ4n) is 7.73. The molecule has 4 rings (SSSR count). The summed E-state index contributed by atoms with van der Waals surface area (Å²) in [6, 6.07) is 0. The van der Waals surface area contributed by atoms with Crippen LogP contribution < -0.4 is 0 Å². The van der Waals surface area contributed by atoms with E-state index in [-0.39, 0.29) is 18.6 Å². The topological polar surface area (TPSA) is 40.5 Å². The molecule has 0 heterocycles. The fourth-order valence-corrected chi connectivity index (χ4v) is 7.73. The van der Waals surface area contributed by atoms with Crippen molar-refractivity contribution in [2.45, 2.75) is 64.7 Å². The molecule has 4 saturated carbocycles. The summed E-state index contributed by atoms with van der Waals surface area (Å²) in [4.78, 5) is 0. The summed E-state index contributed by atoms with van der Waals surface area (Å²) >= 11 is 0. The zero-order valence-corrected chi connectivity index (χ0v) is 14.1. The average Bonchev–Trinajstić information content (AvgIpc) is 2.75. The lowest BCUT2D eigenvalue weighted by atomic mass is 9.41. The minimum absolute atomic E-state index is 0.165. The highest BCUT2D eigenvalue weighted by atomic mass is 16.3. The van der Waals surface area contributed by atoms with Crippen molar-refractivity contribution in [3.05, 3.63) is 12.2 Å². The van der Waals surface area contributed by atoms with Gasteiger partial charge in [-0.05, 0) is 80.0 Å². The Morgan fingerprint density at radius 3 is 2.55 bits per heavy atom. The Morgan fingerprint density at radius 2 is 1.82 bits per heavy atom. The number of aliphatic hydroxyl groups excluding tert-OH is 2. The van der Waals surface area contributed by atoms with Gasteiger partial charge in [0.25, 0.3) is 0 Å². The van der Waals surface area contributed by atoms with Crippen molar-refractivity contribution in [2.75, 3.05) is 13.2 Å². The van der Waals surface area contributed by atoms with Crippen molar-refractivity contribution < 1.29 is 10.2 Å². The molecule has 4 aliphatic carbocycles. The summed E-state index contributed by atoms with van der Waals surface area (Å²) in [7, 11) is 0. The van der Waals surface area contributed by atoms with Crippen LogP contribution in [-0.4, -0.2) is 23.4 Å². The monoisotopic (exact) mass is 304 g/mol. The molecule has 4 aliphatic rings. The summed E-state index contributed by atoms with van der Waals surface area (Å²) in [6.45, 7) is 7.23. The summed E-state index contributed by atoms with van der Waals surface area (Å²) in [5.74, 6) is 2.08. The maximum absolute atomic E-state index is 10.1. The molecule has 0 unspecified atom stereocenters. The second kappa shape index (κ2) is 4.83. The number of allylic oxidation sites excluding steroid dienone is 1. The number of rotatable bonds is 2. The molecule has 2 heteroatoms. The first kappa shape index (κ1) is 15.2. The van der Waals surface area contributed by atoms with Crippen LogP contribution >= 0.6 is 0 Å². The molecule has 0 saturated heterocycles. The smallest absolute Gasteiger partial charge is 0.0512 e. The third-order valence-corrected chi connectivity index (χ3v) is 8.63. The van der Waals surface area contributed by atoms with Gasteiger partial charge in [0.15, 0.2) is 0 Å². The first-order chi connectivity index (χ1) is 10.5. The molecule has 5 atom stereocenters. The SMILES string of the molecule is C=C1C[C@@]23CC[C@H]4C(CO)(CO)CCC[C@]4(C)[C@@H]2CC[C@H]1C3. The highest BCUT2D eigenvalue weighted by molar-refractivity contribution is 5.22. The van der Waals surface area contributed by atoms with Gasteiger partial charge in [-0.2, -0.15) is 0 Å². The van der Waals surface area contributed by atoms with Gasteiger partial charge in [-0.15, -0.1) is 0 Å². The number of hydrogen-bond acceptors (Lipinski definition) is 2. The Balaban J connectivity index is 1.73. The van der Waals surface area contributed by atoms with Crippen LogP contribution in [0.3, 0.4) is 0 Å². The van der Waals surface area contributed by atoms with Crippen molar-refractivity contribution in [1.29, 1.82) is 0 Å². The van der Waals surface area contributed by atoms with Crippen molar-refractivity contribution in [3.63, 3.8) is 0 Å². The maximum atomic E-state index is 10.1. The molecule has 22 heavy (non-hydrogen) atoms. The molecule has 4 fully saturated rings. The molecule has 124 valence electrons. The molecule has 0 aromatic heterocycles. The van der Waals surface area contributed by atoms with Gasteiger partial charge >= 0.3 is 0 Å². The van der Waals surface area contributed by atoms with Crippen LogP contribution in [0, 0.1) is 34.0 Å². The minimum Gasteiger partial charge on any atom is -0.396 e. The van der Waals surface area contributed by atoms with E-state index in [0.717, 1.165) is 18.3 Å². The molecule has 2 bridgehead atoms. The van der Waals surface area contributed by atoms with E-state index in [1.54, 1.807) is 0 Å². The van der Waals surface area contributed by atoms with E-state index in [2.05, 4.69) is 13.5 Å². The van der Waals surface area contributed by atoms with Crippen LogP contribution in [0.2, 0.25) is 0 Å². The van der Waals surface area contributed by atoms with Crippen LogP contribution in [-0.2, 0) is 0 Å². The standard InChI is InChI=1S/C20H32O2/c1-14-10-19-9-6-17-18(2,16(19)5-4-15(14)11-19)7-3-8-20(17,12-21)13-22/h15-17,21-22H,1,3-13H2,2H3/t15-,16-,17+,18+,19+/m0/s1. The summed E-state index contributed by atoms with van der Waals surface area (Å²) in [5.41, 5.74) is 2.13. The molecule has 1 spiro atoms. The molecule has 0 amide bonds. The second-order valence-electron chi connectivity index (χ2n) is 9.36. The number of hydrogen-bond donors (Lipinski definition) is 2. The zero-order valence-electron chi connectivity index (χ0n) is 14.1. The van der Waals surface area contributed by atoms with E-state index in [4.69, 9.17) is 0 Å². The van der Waals surface area contributed by atoms with E-state index < -0.39 is 0 Å². The fraction of sp³-hybridized carbons (Fsp3) is 0.900. The van der Waals surface area contributed by atoms with Gasteiger partial charge in [0.05, 0.1) is 13.2 Å². The van der Waals surface area contributed by atoms with Gasteiger partial charge < -0.3 is 10.2 Å². The van der Waals surface area contributed by atoms with E-state index >= 15 is 0 Å². The quantitative estimate of drug-likeness (QED) is 0.759. The lowest BCUT2D eigenvalue weighted by Crippen LogP contribution is -2.59. The van der Waals surface area contributed by atoms with Crippen molar-refractivity contribution in [3.8, 4) is 0 Å². The molecule has 0 radical (unpaired) electrons. The van der Waals surface area contributed by atoms with Crippen LogP contribution in [0.4, 0.5) is 0 Å². The molecule has 0 aromatic carbocycles. The molecular formula is C20H32O2. The maximum Gasteiger partial charge on any atom is 0.0512 e. The molecule has 2 N–H and O–H groups in total. The molecule has 2 nitrogen and oxygen atoms in total. The first-order valence-electron chi connectivity index (χ1n) is 9.39. The summed E-state index contributed by atoms with van der Waals surface area (Å²) in [6.07, 6.45) is 11.3. The van der Waals surface area contributed by atoms with Crippen LogP contribution in [0.1, 0.15) is 64.7 Å². The molecular weight excluding hydrogens is 272 g/mol. The van der Waals surface area contributed by atoms with Crippen molar-refractivity contribution in [2.24, 2.45) is 34.0 Å². The minimum atomic E-state index is -0.221. The van der Waals surface area contributed by atoms with Crippen LogP contribution in [0.25, 0.3) is 0 Å². The summed E-state index contributed by atoms with van der Waals surface area (Å²) < 4.78 is 0. The first-order valence-corrected chi connectivity index (χ1v) is 9.39. The largest absolute Gasteiger partial charge is 0.396 e. The summed E-state index contributed by atoms with van der Waals surface area (Å²) in [5, 5.41) is 20.2. The Kier molecular flexibility index (Phi) is 3.34. The van der Waals surface area contributed by atoms with Gasteiger partial charge in [-0.3, -0.25) is 0 Å². The molecule has 0 aliphatic heterocycles. The lowest BCUT2D eigenvalue weighted by Gasteiger charge is -2.64. The predicted molar refractivity (Wildman–Crippen MR) is 88.3 cm³/mol. The Morgan fingerprint density at radius 1 is 1.05 bits per heavy atom. The van der Waals surface area contributed by atoms with Crippen molar-refractivity contribution in [1.82, 2.24) is 0 Å². The van der Waals surface area contributed by atoms with Crippen LogP contribution in [0.5, 0.6) is 0 Å². The van der Waals surface area contributed by atoms with Gasteiger partial charge in [0.1, 0.15) is 0 Å².